The van der Waals surface area contributed by atoms with E-state index in [1.807, 2.05) is 23.7 Å². The maximum Gasteiger partial charge on any atom is 0.195 e. The van der Waals surface area contributed by atoms with Crippen LogP contribution < -0.4 is 0 Å². The van der Waals surface area contributed by atoms with Crippen LogP contribution in [0.5, 0.6) is 0 Å². The van der Waals surface area contributed by atoms with Crippen LogP contribution in [-0.2, 0) is 7.05 Å². The molecular weight excluding hydrogens is 289 g/mol. The van der Waals surface area contributed by atoms with Gasteiger partial charge in [-0.15, -0.1) is 0 Å². The van der Waals surface area contributed by atoms with Gasteiger partial charge in [0.1, 0.15) is 5.82 Å². The van der Waals surface area contributed by atoms with Gasteiger partial charge in [-0.25, -0.2) is 4.39 Å². The zero-order valence-electron chi connectivity index (χ0n) is 11.7. The van der Waals surface area contributed by atoms with Crippen molar-refractivity contribution in [2.45, 2.75) is 6.92 Å². The normalized spacial score (nSPS) is 11.0. The molecule has 106 valence electrons. The summed E-state index contributed by atoms with van der Waals surface area (Å²) < 4.78 is 15.2. The van der Waals surface area contributed by atoms with Crippen molar-refractivity contribution in [1.29, 1.82) is 0 Å². The van der Waals surface area contributed by atoms with E-state index in [-0.39, 0.29) is 11.6 Å². The van der Waals surface area contributed by atoms with Gasteiger partial charge in [-0.1, -0.05) is 17.7 Å². The number of aryl methyl sites for hydroxylation is 2. The van der Waals surface area contributed by atoms with Crippen LogP contribution in [0, 0.1) is 12.7 Å². The number of benzene rings is 2. The molecule has 0 spiro atoms. The van der Waals surface area contributed by atoms with E-state index < -0.39 is 0 Å². The Balaban J connectivity index is 2.15. The number of hydrogen-bond donors (Lipinski definition) is 0. The van der Waals surface area contributed by atoms with Gasteiger partial charge >= 0.3 is 0 Å². The second kappa shape index (κ2) is 5.01. The molecule has 0 aliphatic rings. The minimum Gasteiger partial charge on any atom is -0.350 e. The number of carbonyl (C=O) groups excluding carboxylic acids is 1. The van der Waals surface area contributed by atoms with Crippen molar-refractivity contribution in [1.82, 2.24) is 4.57 Å². The van der Waals surface area contributed by atoms with Crippen LogP contribution in [0.3, 0.4) is 0 Å². The van der Waals surface area contributed by atoms with Gasteiger partial charge in [0.05, 0.1) is 0 Å². The molecule has 2 nitrogen and oxygen atoms in total. The zero-order valence-corrected chi connectivity index (χ0v) is 12.4. The molecule has 0 N–H and O–H groups in total. The van der Waals surface area contributed by atoms with Crippen molar-refractivity contribution < 1.29 is 9.18 Å². The molecule has 0 atom stereocenters. The first kappa shape index (κ1) is 13.8. The lowest BCUT2D eigenvalue weighted by Crippen LogP contribution is -2.01. The summed E-state index contributed by atoms with van der Waals surface area (Å²) in [6.45, 7) is 1.65. The number of ketones is 1. The van der Waals surface area contributed by atoms with Gasteiger partial charge in [-0.3, -0.25) is 4.79 Å². The first-order chi connectivity index (χ1) is 9.97. The number of fused-ring (bicyclic) bond motifs is 1. The molecule has 1 aromatic heterocycles. The molecule has 1 heterocycles. The highest BCUT2D eigenvalue weighted by Crippen LogP contribution is 2.26. The van der Waals surface area contributed by atoms with Gasteiger partial charge in [0, 0.05) is 40.3 Å². The van der Waals surface area contributed by atoms with E-state index in [1.165, 1.54) is 12.1 Å². The van der Waals surface area contributed by atoms with Crippen LogP contribution in [0.15, 0.2) is 42.6 Å². The van der Waals surface area contributed by atoms with Gasteiger partial charge in [0.25, 0.3) is 0 Å². The highest BCUT2D eigenvalue weighted by molar-refractivity contribution is 6.31. The molecule has 21 heavy (non-hydrogen) atoms. The minimum atomic E-state index is -0.309. The van der Waals surface area contributed by atoms with Crippen LogP contribution in [0.25, 0.3) is 10.9 Å². The number of aromatic nitrogens is 1. The van der Waals surface area contributed by atoms with Crippen molar-refractivity contribution in [2.75, 3.05) is 0 Å². The highest BCUT2D eigenvalue weighted by atomic mass is 35.5. The van der Waals surface area contributed by atoms with E-state index in [9.17, 15) is 9.18 Å². The summed E-state index contributed by atoms with van der Waals surface area (Å²) in [7, 11) is 1.87. The van der Waals surface area contributed by atoms with Crippen molar-refractivity contribution >= 4 is 28.3 Å². The van der Waals surface area contributed by atoms with E-state index in [1.54, 1.807) is 25.3 Å². The Morgan fingerprint density at radius 2 is 1.95 bits per heavy atom. The summed E-state index contributed by atoms with van der Waals surface area (Å²) in [6, 6.07) is 9.83. The van der Waals surface area contributed by atoms with Gasteiger partial charge in [0.15, 0.2) is 5.78 Å². The fourth-order valence-corrected chi connectivity index (χ4v) is 2.65. The largest absolute Gasteiger partial charge is 0.350 e. The number of carbonyl (C=O) groups is 1. The monoisotopic (exact) mass is 301 g/mol. The molecule has 0 amide bonds. The third-order valence-electron chi connectivity index (χ3n) is 3.62. The van der Waals surface area contributed by atoms with E-state index >= 15 is 0 Å². The summed E-state index contributed by atoms with van der Waals surface area (Å²) >= 11 is 5.99. The number of hydrogen-bond acceptors (Lipinski definition) is 1. The third-order valence-corrected chi connectivity index (χ3v) is 3.85. The topological polar surface area (TPSA) is 22.0 Å². The Hall–Kier alpha value is -2.13. The van der Waals surface area contributed by atoms with Crippen LogP contribution >= 0.6 is 11.6 Å². The van der Waals surface area contributed by atoms with Crippen LogP contribution in [-0.4, -0.2) is 10.4 Å². The highest BCUT2D eigenvalue weighted by Gasteiger charge is 2.16. The molecule has 0 bridgehead atoms. The fourth-order valence-electron chi connectivity index (χ4n) is 2.48. The van der Waals surface area contributed by atoms with Gasteiger partial charge < -0.3 is 4.57 Å². The van der Waals surface area contributed by atoms with E-state index in [2.05, 4.69) is 0 Å². The summed E-state index contributed by atoms with van der Waals surface area (Å²) in [4.78, 5) is 12.7. The van der Waals surface area contributed by atoms with Crippen molar-refractivity contribution in [2.24, 2.45) is 7.05 Å². The second-order valence-corrected chi connectivity index (χ2v) is 5.54. The molecule has 0 aliphatic carbocycles. The molecule has 0 radical (unpaired) electrons. The average Bonchev–Trinajstić information content (AvgIpc) is 2.78. The molecule has 0 unspecified atom stereocenters. The van der Waals surface area contributed by atoms with Crippen LogP contribution in [0.4, 0.5) is 4.39 Å². The first-order valence-corrected chi connectivity index (χ1v) is 6.90. The van der Waals surface area contributed by atoms with Gasteiger partial charge in [-0.05, 0) is 42.8 Å². The molecular formula is C17H13ClFNO. The van der Waals surface area contributed by atoms with E-state index in [4.69, 9.17) is 11.6 Å². The smallest absolute Gasteiger partial charge is 0.195 e. The molecule has 0 saturated heterocycles. The number of halogens is 2. The molecule has 4 heteroatoms. The summed E-state index contributed by atoms with van der Waals surface area (Å²) in [5, 5.41) is 1.47. The molecule has 3 rings (SSSR count). The fraction of sp³-hybridized carbons (Fsp3) is 0.118. The lowest BCUT2D eigenvalue weighted by Gasteiger charge is -2.02. The SMILES string of the molecule is Cc1cc(C(=O)c2cn(C)c3cc(Cl)ccc23)ccc1F. The summed E-state index contributed by atoms with van der Waals surface area (Å²) in [5.74, 6) is -0.428. The third kappa shape index (κ3) is 2.34. The molecule has 3 aromatic rings. The standard InChI is InChI=1S/C17H13ClFNO/c1-10-7-11(3-6-15(10)19)17(21)14-9-20(2)16-8-12(18)4-5-13(14)16/h3-9H,1-2H3. The lowest BCUT2D eigenvalue weighted by molar-refractivity contribution is 0.104. The molecule has 0 aliphatic heterocycles. The van der Waals surface area contributed by atoms with Crippen LogP contribution in [0.1, 0.15) is 21.5 Å². The predicted octanol–water partition coefficient (Wildman–Crippen LogP) is 4.51. The Labute approximate surface area is 126 Å². The second-order valence-electron chi connectivity index (χ2n) is 5.11. The lowest BCUT2D eigenvalue weighted by atomic mass is 10.0. The molecule has 2 aromatic carbocycles. The average molecular weight is 302 g/mol. The zero-order chi connectivity index (χ0) is 15.1. The first-order valence-electron chi connectivity index (χ1n) is 6.53. The summed E-state index contributed by atoms with van der Waals surface area (Å²) in [5.41, 5.74) is 2.43. The Morgan fingerprint density at radius 1 is 1.19 bits per heavy atom. The van der Waals surface area contributed by atoms with Crippen molar-refractivity contribution in [3.05, 3.63) is 70.1 Å². The molecule has 0 saturated carbocycles. The Bertz CT molecular complexity index is 867. The maximum absolute atomic E-state index is 13.3. The quantitative estimate of drug-likeness (QED) is 0.638. The summed E-state index contributed by atoms with van der Waals surface area (Å²) in [6.07, 6.45) is 1.78. The van der Waals surface area contributed by atoms with E-state index in [0.29, 0.717) is 21.7 Å². The van der Waals surface area contributed by atoms with Crippen molar-refractivity contribution in [3.63, 3.8) is 0 Å². The van der Waals surface area contributed by atoms with Crippen LogP contribution in [0.2, 0.25) is 5.02 Å². The Kier molecular flexibility index (Phi) is 3.30. The Morgan fingerprint density at radius 3 is 2.67 bits per heavy atom. The van der Waals surface area contributed by atoms with E-state index in [0.717, 1.165) is 10.9 Å². The number of nitrogens with zero attached hydrogens (tertiary/aromatic N) is 1. The minimum absolute atomic E-state index is 0.119. The predicted molar refractivity (Wildman–Crippen MR) is 82.5 cm³/mol. The molecule has 0 fully saturated rings. The van der Waals surface area contributed by atoms with Gasteiger partial charge in [0.2, 0.25) is 0 Å². The number of rotatable bonds is 2. The van der Waals surface area contributed by atoms with Crippen molar-refractivity contribution in [3.8, 4) is 0 Å². The van der Waals surface area contributed by atoms with Gasteiger partial charge in [-0.2, -0.15) is 0 Å². The maximum atomic E-state index is 13.3.